The van der Waals surface area contributed by atoms with Gasteiger partial charge in [-0.15, -0.1) is 12.4 Å². The van der Waals surface area contributed by atoms with Gasteiger partial charge in [0.15, 0.2) is 6.29 Å². The molecule has 0 unspecified atom stereocenters. The normalized spacial score (nSPS) is 44.4. The lowest BCUT2D eigenvalue weighted by molar-refractivity contribution is -0.304. The molecule has 14 heteroatoms. The lowest BCUT2D eigenvalue weighted by Gasteiger charge is -2.43. The van der Waals surface area contributed by atoms with Gasteiger partial charge in [-0.2, -0.15) is 0 Å². The van der Waals surface area contributed by atoms with Gasteiger partial charge in [0.25, 0.3) is 0 Å². The van der Waals surface area contributed by atoms with Crippen LogP contribution in [0.4, 0.5) is 0 Å². The smallest absolute Gasteiger partial charge is 0.186 e. The highest BCUT2D eigenvalue weighted by atomic mass is 35.5. The molecule has 13 nitrogen and oxygen atoms in total. The Morgan fingerprint density at radius 1 is 0.704 bits per heavy atom. The molecule has 0 aromatic carbocycles. The maximum Gasteiger partial charge on any atom is 0.186 e. The van der Waals surface area contributed by atoms with Gasteiger partial charge in [0.2, 0.25) is 0 Å². The molecular formula is C13H30ClNO12. The molecule has 27 heavy (non-hydrogen) atoms. The van der Waals surface area contributed by atoms with Gasteiger partial charge >= 0.3 is 0 Å². The molecule has 2 aliphatic heterocycles. The van der Waals surface area contributed by atoms with Crippen molar-refractivity contribution in [2.75, 3.05) is 19.8 Å². The van der Waals surface area contributed by atoms with Crippen molar-refractivity contribution in [3.63, 3.8) is 0 Å². The summed E-state index contributed by atoms with van der Waals surface area (Å²) in [5, 5.41) is 79.6. The summed E-state index contributed by atoms with van der Waals surface area (Å²) >= 11 is 0. The number of halogens is 1. The zero-order chi connectivity index (χ0) is 18.0. The van der Waals surface area contributed by atoms with Crippen LogP contribution in [0.1, 0.15) is 0 Å². The number of hydrogen-bond acceptors (Lipinski definition) is 11. The zero-order valence-corrected chi connectivity index (χ0v) is 15.0. The van der Waals surface area contributed by atoms with Gasteiger partial charge in [-0.3, -0.25) is 0 Å². The number of aliphatic hydroxyl groups is 8. The lowest BCUT2D eigenvalue weighted by Crippen LogP contribution is -2.67. The molecule has 2 fully saturated rings. The zero-order valence-electron chi connectivity index (χ0n) is 14.2. The molecule has 0 bridgehead atoms. The molecule has 0 spiro atoms. The van der Waals surface area contributed by atoms with Crippen molar-refractivity contribution in [1.29, 1.82) is 0 Å². The average Bonchev–Trinajstić information content (AvgIpc) is 2.58. The molecule has 10 atom stereocenters. The highest BCUT2D eigenvalue weighted by Crippen LogP contribution is 2.23. The molecule has 2 aliphatic rings. The molecule has 0 radical (unpaired) electrons. The van der Waals surface area contributed by atoms with Gasteiger partial charge in [-0.25, -0.2) is 0 Å². The first-order chi connectivity index (χ1) is 11.3. The summed E-state index contributed by atoms with van der Waals surface area (Å²) in [7, 11) is 0. The molecule has 13 N–H and O–H groups in total. The third-order valence-electron chi connectivity index (χ3n) is 4.44. The molecule has 0 aromatic heterocycles. The number of rotatable bonds is 5. The number of hydrogen-bond donors (Lipinski definition) is 9. The first-order valence-corrected chi connectivity index (χ1v) is 7.65. The van der Waals surface area contributed by atoms with Crippen LogP contribution in [0.2, 0.25) is 0 Å². The second kappa shape index (κ2) is 12.4. The third-order valence-corrected chi connectivity index (χ3v) is 4.44. The fourth-order valence-corrected chi connectivity index (χ4v) is 2.86. The molecule has 166 valence electrons. The third kappa shape index (κ3) is 6.12. The van der Waals surface area contributed by atoms with Crippen LogP contribution in [0.3, 0.4) is 0 Å². The van der Waals surface area contributed by atoms with E-state index in [0.717, 1.165) is 0 Å². The molecular weight excluding hydrogens is 398 g/mol. The van der Waals surface area contributed by atoms with Crippen LogP contribution in [-0.4, -0.2) is 133 Å². The van der Waals surface area contributed by atoms with Gasteiger partial charge in [0.1, 0.15) is 30.5 Å². The van der Waals surface area contributed by atoms with E-state index in [4.69, 9.17) is 19.7 Å². The molecule has 0 aliphatic carbocycles. The summed E-state index contributed by atoms with van der Waals surface area (Å²) in [5.74, 6) is 0. The van der Waals surface area contributed by atoms with Crippen LogP contribution in [0.25, 0.3) is 0 Å². The quantitative estimate of drug-likeness (QED) is 0.199. The van der Waals surface area contributed by atoms with E-state index < -0.39 is 74.3 Å². The van der Waals surface area contributed by atoms with E-state index in [9.17, 15) is 30.6 Å². The summed E-state index contributed by atoms with van der Waals surface area (Å²) in [6.07, 6.45) is -11.5. The van der Waals surface area contributed by atoms with E-state index in [1.165, 1.54) is 0 Å². The maximum atomic E-state index is 9.94. The summed E-state index contributed by atoms with van der Waals surface area (Å²) in [4.78, 5) is 0. The highest BCUT2D eigenvalue weighted by Gasteiger charge is 2.46. The number of ether oxygens (including phenoxy) is 2. The molecule has 0 aromatic rings. The Labute approximate surface area is 160 Å². The van der Waals surface area contributed by atoms with Crippen molar-refractivity contribution < 1.29 is 61.3 Å². The van der Waals surface area contributed by atoms with E-state index in [1.807, 2.05) is 0 Å². The highest BCUT2D eigenvalue weighted by molar-refractivity contribution is 5.85. The molecule has 2 rings (SSSR count). The Morgan fingerprint density at radius 3 is 1.74 bits per heavy atom. The fraction of sp³-hybridized carbons (Fsp3) is 1.00. The predicted molar refractivity (Wildman–Crippen MR) is 90.0 cm³/mol. The van der Waals surface area contributed by atoms with Crippen molar-refractivity contribution >= 4 is 12.4 Å². The van der Waals surface area contributed by atoms with Crippen LogP contribution >= 0.6 is 12.4 Å². The number of nitrogens with one attached hydrogen (secondary N) is 1. The second-order valence-electron chi connectivity index (χ2n) is 6.06. The van der Waals surface area contributed by atoms with E-state index in [2.05, 4.69) is 5.32 Å². The van der Waals surface area contributed by atoms with Crippen LogP contribution in [0, 0.1) is 0 Å². The van der Waals surface area contributed by atoms with Gasteiger partial charge < -0.3 is 66.6 Å². The number of piperidine rings is 1. The van der Waals surface area contributed by atoms with Gasteiger partial charge in [-0.1, -0.05) is 0 Å². The minimum absolute atomic E-state index is 0. The average molecular weight is 428 g/mol. The van der Waals surface area contributed by atoms with Crippen molar-refractivity contribution in [2.24, 2.45) is 0 Å². The molecule has 0 amide bonds. The van der Waals surface area contributed by atoms with Crippen LogP contribution in [-0.2, 0) is 9.47 Å². The monoisotopic (exact) mass is 427 g/mol. The Kier molecular flexibility index (Phi) is 13.3. The Morgan fingerprint density at radius 2 is 1.22 bits per heavy atom. The largest absolute Gasteiger partial charge is 0.412 e. The molecule has 0 saturated carbocycles. The Bertz CT molecular complexity index is 369. The van der Waals surface area contributed by atoms with E-state index in [-0.39, 0.29) is 30.0 Å². The van der Waals surface area contributed by atoms with Crippen LogP contribution in [0.15, 0.2) is 0 Å². The minimum Gasteiger partial charge on any atom is -0.412 e. The number of aliphatic hydroxyl groups excluding tert-OH is 8. The van der Waals surface area contributed by atoms with Gasteiger partial charge in [-0.05, 0) is 0 Å². The molecule has 2 saturated heterocycles. The lowest BCUT2D eigenvalue weighted by atomic mass is 9.91. The SMILES string of the molecule is Cl.O.O.OC[C@H]1N[C@H](CO[C@H]2O[C@H](CO)[C@@H](O)[C@H](O)[C@H]2O)[C@@H](O)[C@H](O)[C@H]1O. The van der Waals surface area contributed by atoms with Crippen molar-refractivity contribution in [2.45, 2.75) is 61.1 Å². The fourth-order valence-electron chi connectivity index (χ4n) is 2.86. The second-order valence-corrected chi connectivity index (χ2v) is 6.06. The minimum atomic E-state index is -1.59. The Hall–Kier alpha value is -0.230. The van der Waals surface area contributed by atoms with Crippen LogP contribution in [0.5, 0.6) is 0 Å². The summed E-state index contributed by atoms with van der Waals surface area (Å²) in [5.41, 5.74) is 0. The van der Waals surface area contributed by atoms with E-state index >= 15 is 0 Å². The summed E-state index contributed by atoms with van der Waals surface area (Å²) in [6, 6.07) is -1.78. The van der Waals surface area contributed by atoms with Gasteiger partial charge in [0, 0.05) is 0 Å². The maximum absolute atomic E-state index is 9.94. The standard InChI is InChI=1S/C13H25NO10.ClH.2H2O/c15-1-4-7(17)10(20)8(18)5(14-4)3-23-13-12(22)11(21)9(19)6(2-16)24-13;;;/h4-22H,1-3H2;1H;2*1H2/t4-,5-,6-,7+,8-,9-,10-,11+,12-,13+;;;/m1.../s1. The van der Waals surface area contributed by atoms with Crippen molar-refractivity contribution in [1.82, 2.24) is 5.32 Å². The van der Waals surface area contributed by atoms with Crippen LogP contribution < -0.4 is 5.32 Å². The van der Waals surface area contributed by atoms with E-state index in [1.54, 1.807) is 0 Å². The van der Waals surface area contributed by atoms with E-state index in [0.29, 0.717) is 0 Å². The summed E-state index contributed by atoms with van der Waals surface area (Å²) in [6.45, 7) is -1.39. The first-order valence-electron chi connectivity index (χ1n) is 7.65. The van der Waals surface area contributed by atoms with Crippen molar-refractivity contribution in [3.05, 3.63) is 0 Å². The topological polar surface area (TPSA) is 255 Å². The van der Waals surface area contributed by atoms with Crippen molar-refractivity contribution in [3.8, 4) is 0 Å². The van der Waals surface area contributed by atoms with Gasteiger partial charge in [0.05, 0.1) is 44.1 Å². The first kappa shape index (κ1) is 29.0. The molecule has 2 heterocycles. The summed E-state index contributed by atoms with van der Waals surface area (Å²) < 4.78 is 10.4. The predicted octanol–water partition coefficient (Wildman–Crippen LogP) is -7.01. The Balaban J connectivity index is 0.